The highest BCUT2D eigenvalue weighted by molar-refractivity contribution is 7.99. The van der Waals surface area contributed by atoms with Crippen molar-refractivity contribution in [2.45, 2.75) is 45.6 Å². The molecule has 0 amide bonds. The van der Waals surface area contributed by atoms with Gasteiger partial charge in [-0.25, -0.2) is 15.8 Å². The number of hydrazine groups is 1. The van der Waals surface area contributed by atoms with E-state index in [2.05, 4.69) is 41.5 Å². The van der Waals surface area contributed by atoms with Crippen molar-refractivity contribution in [3.63, 3.8) is 0 Å². The van der Waals surface area contributed by atoms with Crippen molar-refractivity contribution in [3.05, 3.63) is 11.4 Å². The van der Waals surface area contributed by atoms with Crippen LogP contribution in [0.15, 0.2) is 0 Å². The van der Waals surface area contributed by atoms with Crippen molar-refractivity contribution < 1.29 is 0 Å². The number of nitrogen functional groups attached to an aromatic ring is 1. The molecule has 1 aromatic rings. The van der Waals surface area contributed by atoms with Crippen LogP contribution < -0.4 is 16.6 Å². The number of aromatic nitrogens is 2. The fourth-order valence-corrected chi connectivity index (χ4v) is 3.13. The SMILES string of the molecule is Cc1c(NN)nc(C(C)(C)C)nc1NC1CCSC1. The Bertz CT molecular complexity index is 449. The zero-order valence-corrected chi connectivity index (χ0v) is 12.9. The van der Waals surface area contributed by atoms with E-state index in [1.165, 1.54) is 12.2 Å². The number of hydrogen-bond donors (Lipinski definition) is 3. The van der Waals surface area contributed by atoms with Crippen LogP contribution in [0.5, 0.6) is 0 Å². The van der Waals surface area contributed by atoms with Gasteiger partial charge in [-0.2, -0.15) is 11.8 Å². The number of thioether (sulfide) groups is 1. The first kappa shape index (κ1) is 14.4. The number of anilines is 2. The van der Waals surface area contributed by atoms with E-state index < -0.39 is 0 Å². The number of rotatable bonds is 3. The van der Waals surface area contributed by atoms with Crippen LogP contribution in [0.4, 0.5) is 11.6 Å². The molecular weight excluding hydrogens is 258 g/mol. The highest BCUT2D eigenvalue weighted by atomic mass is 32.2. The Kier molecular flexibility index (Phi) is 4.20. The normalized spacial score (nSPS) is 19.5. The molecule has 0 spiro atoms. The van der Waals surface area contributed by atoms with Crippen LogP contribution in [0.3, 0.4) is 0 Å². The molecule has 1 aliphatic rings. The molecule has 1 unspecified atom stereocenters. The predicted octanol–water partition coefficient (Wildman–Crippen LogP) is 2.29. The Morgan fingerprint density at radius 2 is 1.95 bits per heavy atom. The Hall–Kier alpha value is -1.01. The van der Waals surface area contributed by atoms with Crippen molar-refractivity contribution in [2.75, 3.05) is 22.2 Å². The molecule has 0 bridgehead atoms. The minimum atomic E-state index is -0.0971. The second-order valence-electron chi connectivity index (χ2n) is 5.97. The molecule has 4 N–H and O–H groups in total. The van der Waals surface area contributed by atoms with E-state index in [0.29, 0.717) is 11.9 Å². The van der Waals surface area contributed by atoms with Crippen LogP contribution in [0.1, 0.15) is 38.6 Å². The molecule has 1 fully saturated rings. The zero-order chi connectivity index (χ0) is 14.0. The van der Waals surface area contributed by atoms with Crippen LogP contribution in [0.2, 0.25) is 0 Å². The minimum Gasteiger partial charge on any atom is -0.366 e. The van der Waals surface area contributed by atoms with Crippen molar-refractivity contribution in [1.29, 1.82) is 0 Å². The Balaban J connectivity index is 2.34. The van der Waals surface area contributed by atoms with Crippen LogP contribution in [-0.2, 0) is 5.41 Å². The summed E-state index contributed by atoms with van der Waals surface area (Å²) in [7, 11) is 0. The minimum absolute atomic E-state index is 0.0971. The van der Waals surface area contributed by atoms with E-state index in [0.717, 1.165) is 23.0 Å². The van der Waals surface area contributed by atoms with E-state index in [4.69, 9.17) is 5.84 Å². The number of nitrogens with zero attached hydrogens (tertiary/aromatic N) is 2. The molecule has 106 valence electrons. The van der Waals surface area contributed by atoms with E-state index in [1.54, 1.807) is 0 Å². The smallest absolute Gasteiger partial charge is 0.148 e. The van der Waals surface area contributed by atoms with Gasteiger partial charge in [-0.3, -0.25) is 0 Å². The Morgan fingerprint density at radius 1 is 1.26 bits per heavy atom. The summed E-state index contributed by atoms with van der Waals surface area (Å²) in [6, 6.07) is 0.497. The molecule has 0 radical (unpaired) electrons. The average Bonchev–Trinajstić information content (AvgIpc) is 2.83. The predicted molar refractivity (Wildman–Crippen MR) is 82.6 cm³/mol. The standard InChI is InChI=1S/C13H23N5S/c1-8-10(15-9-5-6-19-7-9)16-12(13(2,3)4)17-11(8)18-14/h9H,5-7,14H2,1-4H3,(H2,15,16,17,18). The molecular formula is C13H23N5S. The highest BCUT2D eigenvalue weighted by Crippen LogP contribution is 2.28. The maximum absolute atomic E-state index is 5.57. The second-order valence-corrected chi connectivity index (χ2v) is 7.12. The molecule has 1 atom stereocenters. The third-order valence-corrected chi connectivity index (χ3v) is 4.39. The van der Waals surface area contributed by atoms with Crippen molar-refractivity contribution in [2.24, 2.45) is 5.84 Å². The molecule has 0 aliphatic carbocycles. The summed E-state index contributed by atoms with van der Waals surface area (Å²) in [5.41, 5.74) is 3.56. The van der Waals surface area contributed by atoms with Crippen LogP contribution >= 0.6 is 11.8 Å². The average molecular weight is 281 g/mol. The van der Waals surface area contributed by atoms with Crippen LogP contribution in [0.25, 0.3) is 0 Å². The topological polar surface area (TPSA) is 75.9 Å². The molecule has 19 heavy (non-hydrogen) atoms. The lowest BCUT2D eigenvalue weighted by molar-refractivity contribution is 0.545. The van der Waals surface area contributed by atoms with Gasteiger partial charge in [-0.1, -0.05) is 20.8 Å². The molecule has 2 rings (SSSR count). The lowest BCUT2D eigenvalue weighted by atomic mass is 9.95. The van der Waals surface area contributed by atoms with E-state index in [9.17, 15) is 0 Å². The van der Waals surface area contributed by atoms with Crippen molar-refractivity contribution in [1.82, 2.24) is 9.97 Å². The van der Waals surface area contributed by atoms with Gasteiger partial charge in [0.1, 0.15) is 17.5 Å². The highest BCUT2D eigenvalue weighted by Gasteiger charge is 2.23. The largest absolute Gasteiger partial charge is 0.366 e. The third-order valence-electron chi connectivity index (χ3n) is 3.22. The van der Waals surface area contributed by atoms with Crippen LogP contribution in [-0.4, -0.2) is 27.5 Å². The molecule has 1 aromatic heterocycles. The van der Waals surface area contributed by atoms with Gasteiger partial charge in [-0.05, 0) is 19.1 Å². The van der Waals surface area contributed by atoms with Gasteiger partial charge in [0.25, 0.3) is 0 Å². The summed E-state index contributed by atoms with van der Waals surface area (Å²) in [4.78, 5) is 9.19. The van der Waals surface area contributed by atoms with Crippen molar-refractivity contribution in [3.8, 4) is 0 Å². The third kappa shape index (κ3) is 3.30. The lowest BCUT2D eigenvalue weighted by Crippen LogP contribution is -2.25. The van der Waals surface area contributed by atoms with Gasteiger partial charge in [0.15, 0.2) is 0 Å². The van der Waals surface area contributed by atoms with Gasteiger partial charge < -0.3 is 10.7 Å². The first-order chi connectivity index (χ1) is 8.91. The summed E-state index contributed by atoms with van der Waals surface area (Å²) in [5.74, 6) is 10.3. The van der Waals surface area contributed by atoms with Gasteiger partial charge in [0.2, 0.25) is 0 Å². The number of nitrogens with one attached hydrogen (secondary N) is 2. The fraction of sp³-hybridized carbons (Fsp3) is 0.692. The first-order valence-electron chi connectivity index (χ1n) is 6.62. The van der Waals surface area contributed by atoms with Gasteiger partial charge >= 0.3 is 0 Å². The Labute approximate surface area is 119 Å². The summed E-state index contributed by atoms with van der Waals surface area (Å²) in [6.07, 6.45) is 1.18. The molecule has 0 aromatic carbocycles. The number of hydrogen-bond acceptors (Lipinski definition) is 6. The summed E-state index contributed by atoms with van der Waals surface area (Å²) >= 11 is 1.98. The van der Waals surface area contributed by atoms with E-state index >= 15 is 0 Å². The molecule has 2 heterocycles. The summed E-state index contributed by atoms with van der Waals surface area (Å²) < 4.78 is 0. The van der Waals surface area contributed by atoms with Crippen LogP contribution in [0, 0.1) is 6.92 Å². The summed E-state index contributed by atoms with van der Waals surface area (Å²) in [5, 5.41) is 3.53. The molecule has 6 heteroatoms. The van der Waals surface area contributed by atoms with Gasteiger partial charge in [0, 0.05) is 22.8 Å². The van der Waals surface area contributed by atoms with Gasteiger partial charge in [0.05, 0.1) is 0 Å². The zero-order valence-electron chi connectivity index (χ0n) is 12.1. The Morgan fingerprint density at radius 3 is 2.47 bits per heavy atom. The maximum Gasteiger partial charge on any atom is 0.148 e. The quantitative estimate of drug-likeness (QED) is 0.583. The first-order valence-corrected chi connectivity index (χ1v) is 7.77. The monoisotopic (exact) mass is 281 g/mol. The van der Waals surface area contributed by atoms with Gasteiger partial charge in [-0.15, -0.1) is 0 Å². The number of nitrogens with two attached hydrogens (primary N) is 1. The molecule has 0 saturated carbocycles. The molecule has 5 nitrogen and oxygen atoms in total. The van der Waals surface area contributed by atoms with E-state index in [1.807, 2.05) is 18.7 Å². The molecule has 1 saturated heterocycles. The van der Waals surface area contributed by atoms with E-state index in [-0.39, 0.29) is 5.41 Å². The lowest BCUT2D eigenvalue weighted by Gasteiger charge is -2.22. The van der Waals surface area contributed by atoms with Crippen molar-refractivity contribution >= 4 is 23.4 Å². The second kappa shape index (κ2) is 5.54. The molecule has 1 aliphatic heterocycles. The maximum atomic E-state index is 5.57. The fourth-order valence-electron chi connectivity index (χ4n) is 1.97. The summed E-state index contributed by atoms with van der Waals surface area (Å²) in [6.45, 7) is 8.31.